The summed E-state index contributed by atoms with van der Waals surface area (Å²) in [6.07, 6.45) is 6.24. The molecule has 1 N–H and O–H groups in total. The maximum Gasteiger partial charge on any atom is 0.264 e. The van der Waals surface area contributed by atoms with Crippen LogP contribution in [0.1, 0.15) is 38.2 Å². The van der Waals surface area contributed by atoms with Crippen LogP contribution in [0.4, 0.5) is 5.69 Å². The molecule has 0 saturated carbocycles. The molecule has 158 valence electrons. The number of thioether (sulfide) groups is 1. The molecule has 1 aliphatic rings. The molecule has 30 heavy (non-hydrogen) atoms. The maximum atomic E-state index is 12.3. The number of unbranched alkanes of at least 4 members (excludes halogenated alkanes) is 3. The molecule has 1 heterocycles. The van der Waals surface area contributed by atoms with Gasteiger partial charge in [0, 0.05) is 0 Å². The molecule has 0 bridgehead atoms. The second kappa shape index (κ2) is 11.1. The zero-order chi connectivity index (χ0) is 21.3. The van der Waals surface area contributed by atoms with Crippen molar-refractivity contribution < 1.29 is 14.3 Å². The van der Waals surface area contributed by atoms with E-state index in [2.05, 4.69) is 17.2 Å². The third-order valence-corrected chi connectivity index (χ3v) is 5.62. The Labute approximate surface area is 186 Å². The fraction of sp³-hybridized carbons (Fsp3) is 0.304. The molecule has 0 spiro atoms. The van der Waals surface area contributed by atoms with Crippen LogP contribution in [-0.2, 0) is 4.79 Å². The van der Waals surface area contributed by atoms with E-state index in [0.29, 0.717) is 33.2 Å². The van der Waals surface area contributed by atoms with Crippen molar-refractivity contribution in [3.05, 3.63) is 58.0 Å². The van der Waals surface area contributed by atoms with Gasteiger partial charge in [-0.25, -0.2) is 4.99 Å². The molecule has 3 rings (SSSR count). The van der Waals surface area contributed by atoms with E-state index >= 15 is 0 Å². The van der Waals surface area contributed by atoms with Gasteiger partial charge in [-0.15, -0.1) is 0 Å². The number of rotatable bonds is 9. The van der Waals surface area contributed by atoms with Crippen molar-refractivity contribution in [3.63, 3.8) is 0 Å². The van der Waals surface area contributed by atoms with Crippen LogP contribution >= 0.6 is 23.4 Å². The molecular formula is C23H25ClN2O3S. The van der Waals surface area contributed by atoms with Crippen LogP contribution in [0, 0.1) is 0 Å². The van der Waals surface area contributed by atoms with Gasteiger partial charge in [-0.1, -0.05) is 56.0 Å². The predicted molar refractivity (Wildman–Crippen MR) is 125 cm³/mol. The Morgan fingerprint density at radius 2 is 1.97 bits per heavy atom. The Balaban J connectivity index is 1.74. The highest BCUT2D eigenvalue weighted by Crippen LogP contribution is 2.38. The van der Waals surface area contributed by atoms with Gasteiger partial charge in [0.15, 0.2) is 16.7 Å². The predicted octanol–water partition coefficient (Wildman–Crippen LogP) is 6.20. The second-order valence-corrected chi connectivity index (χ2v) is 8.20. The number of amidine groups is 1. The Hall–Kier alpha value is -2.44. The molecule has 0 aromatic heterocycles. The minimum absolute atomic E-state index is 0.193. The molecule has 1 fully saturated rings. The summed E-state index contributed by atoms with van der Waals surface area (Å²) in [4.78, 5) is 17.3. The number of nitrogens with zero attached hydrogens (tertiary/aromatic N) is 1. The van der Waals surface area contributed by atoms with Crippen LogP contribution in [0.2, 0.25) is 5.02 Å². The number of carbonyl (C=O) groups excluding carboxylic acids is 1. The number of hydrogen-bond acceptors (Lipinski definition) is 5. The van der Waals surface area contributed by atoms with Crippen LogP contribution < -0.4 is 14.8 Å². The lowest BCUT2D eigenvalue weighted by Crippen LogP contribution is -2.19. The number of aliphatic imine (C=N–C) groups is 1. The van der Waals surface area contributed by atoms with Crippen LogP contribution in [-0.4, -0.2) is 24.8 Å². The quantitative estimate of drug-likeness (QED) is 0.369. The van der Waals surface area contributed by atoms with Crippen molar-refractivity contribution >= 4 is 46.2 Å². The largest absolute Gasteiger partial charge is 0.493 e. The summed E-state index contributed by atoms with van der Waals surface area (Å²) in [5.41, 5.74) is 1.54. The molecule has 7 heteroatoms. The van der Waals surface area contributed by atoms with E-state index in [1.807, 2.05) is 36.4 Å². The normalized spacial score (nSPS) is 16.2. The SMILES string of the molecule is CCCCCCOc1c(Cl)cc(C=C2SC(=Nc3ccccc3)NC2=O)cc1OC. The second-order valence-electron chi connectivity index (χ2n) is 6.76. The van der Waals surface area contributed by atoms with Gasteiger partial charge in [-0.05, 0) is 54.1 Å². The molecule has 1 aliphatic heterocycles. The topological polar surface area (TPSA) is 59.9 Å². The van der Waals surface area contributed by atoms with E-state index in [4.69, 9.17) is 21.1 Å². The highest BCUT2D eigenvalue weighted by atomic mass is 35.5. The number of benzene rings is 2. The Morgan fingerprint density at radius 1 is 1.17 bits per heavy atom. The van der Waals surface area contributed by atoms with Crippen LogP contribution in [0.3, 0.4) is 0 Å². The molecule has 0 unspecified atom stereocenters. The first-order valence-corrected chi connectivity index (χ1v) is 11.1. The van der Waals surface area contributed by atoms with E-state index in [1.54, 1.807) is 19.3 Å². The minimum Gasteiger partial charge on any atom is -0.493 e. The van der Waals surface area contributed by atoms with Gasteiger partial charge < -0.3 is 14.8 Å². The lowest BCUT2D eigenvalue weighted by Gasteiger charge is -2.13. The number of para-hydroxylation sites is 1. The summed E-state index contributed by atoms with van der Waals surface area (Å²) >= 11 is 7.73. The summed E-state index contributed by atoms with van der Waals surface area (Å²) in [7, 11) is 1.58. The molecule has 5 nitrogen and oxygen atoms in total. The van der Waals surface area contributed by atoms with Gasteiger partial charge in [0.25, 0.3) is 5.91 Å². The first-order chi connectivity index (χ1) is 14.6. The van der Waals surface area contributed by atoms with Crippen molar-refractivity contribution in [3.8, 4) is 11.5 Å². The highest BCUT2D eigenvalue weighted by Gasteiger charge is 2.24. The van der Waals surface area contributed by atoms with E-state index in [-0.39, 0.29) is 5.91 Å². The first kappa shape index (κ1) is 22.2. The van der Waals surface area contributed by atoms with E-state index < -0.39 is 0 Å². The third-order valence-electron chi connectivity index (χ3n) is 4.43. The van der Waals surface area contributed by atoms with Crippen LogP contribution in [0.25, 0.3) is 6.08 Å². The van der Waals surface area contributed by atoms with Gasteiger partial charge in [-0.2, -0.15) is 0 Å². The molecule has 0 aliphatic carbocycles. The fourth-order valence-electron chi connectivity index (χ4n) is 2.92. The standard InChI is InChI=1S/C23H25ClN2O3S/c1-3-4-5-9-12-29-21-18(24)13-16(14-19(21)28-2)15-20-22(27)26-23(30-20)25-17-10-7-6-8-11-17/h6-8,10-11,13-15H,3-5,9,12H2,1-2H3,(H,25,26,27). The number of ether oxygens (including phenoxy) is 2. The van der Waals surface area contributed by atoms with Crippen LogP contribution in [0.5, 0.6) is 11.5 Å². The molecule has 1 amide bonds. The summed E-state index contributed by atoms with van der Waals surface area (Å²) in [6, 6.07) is 13.1. The summed E-state index contributed by atoms with van der Waals surface area (Å²) in [5, 5.41) is 3.79. The third kappa shape index (κ3) is 6.03. The Morgan fingerprint density at radius 3 is 2.70 bits per heavy atom. The van der Waals surface area contributed by atoms with Gasteiger partial charge >= 0.3 is 0 Å². The number of methoxy groups -OCH3 is 1. The first-order valence-electron chi connectivity index (χ1n) is 9.95. The molecule has 2 aromatic carbocycles. The van der Waals surface area contributed by atoms with Gasteiger partial charge in [0.1, 0.15) is 0 Å². The number of hydrogen-bond donors (Lipinski definition) is 1. The average Bonchev–Trinajstić information content (AvgIpc) is 3.08. The minimum atomic E-state index is -0.193. The monoisotopic (exact) mass is 444 g/mol. The van der Waals surface area contributed by atoms with Crippen molar-refractivity contribution in [1.29, 1.82) is 0 Å². The number of carbonyl (C=O) groups is 1. The lowest BCUT2D eigenvalue weighted by atomic mass is 10.1. The van der Waals surface area contributed by atoms with Gasteiger partial charge in [0.2, 0.25) is 0 Å². The molecule has 0 atom stereocenters. The smallest absolute Gasteiger partial charge is 0.264 e. The summed E-state index contributed by atoms with van der Waals surface area (Å²) < 4.78 is 11.3. The van der Waals surface area contributed by atoms with Crippen molar-refractivity contribution in [2.45, 2.75) is 32.6 Å². The van der Waals surface area contributed by atoms with Crippen molar-refractivity contribution in [1.82, 2.24) is 5.32 Å². The number of amides is 1. The number of nitrogens with one attached hydrogen (secondary N) is 1. The number of halogens is 1. The van der Waals surface area contributed by atoms with E-state index in [0.717, 1.165) is 24.1 Å². The zero-order valence-corrected chi connectivity index (χ0v) is 18.7. The van der Waals surface area contributed by atoms with Crippen molar-refractivity contribution in [2.24, 2.45) is 4.99 Å². The molecule has 1 saturated heterocycles. The Kier molecular flexibility index (Phi) is 8.22. The average molecular weight is 445 g/mol. The Bertz CT molecular complexity index is 945. The maximum absolute atomic E-state index is 12.3. The highest BCUT2D eigenvalue weighted by molar-refractivity contribution is 8.18. The van der Waals surface area contributed by atoms with Gasteiger partial charge in [-0.3, -0.25) is 4.79 Å². The van der Waals surface area contributed by atoms with Gasteiger partial charge in [0.05, 0.1) is 29.3 Å². The van der Waals surface area contributed by atoms with E-state index in [9.17, 15) is 4.79 Å². The summed E-state index contributed by atoms with van der Waals surface area (Å²) in [5.74, 6) is 0.889. The lowest BCUT2D eigenvalue weighted by molar-refractivity contribution is -0.115. The van der Waals surface area contributed by atoms with Crippen LogP contribution in [0.15, 0.2) is 52.4 Å². The summed E-state index contributed by atoms with van der Waals surface area (Å²) in [6.45, 7) is 2.77. The fourth-order valence-corrected chi connectivity index (χ4v) is 4.03. The zero-order valence-electron chi connectivity index (χ0n) is 17.1. The molecular weight excluding hydrogens is 420 g/mol. The van der Waals surface area contributed by atoms with E-state index in [1.165, 1.54) is 24.6 Å². The van der Waals surface area contributed by atoms with Crippen molar-refractivity contribution in [2.75, 3.05) is 13.7 Å². The molecule has 0 radical (unpaired) electrons. The molecule has 2 aromatic rings.